The van der Waals surface area contributed by atoms with Gasteiger partial charge >= 0.3 is 20.3 Å². The van der Waals surface area contributed by atoms with Crippen LogP contribution < -0.4 is 4.57 Å². The molecular weight excluding hydrogens is 368 g/mol. The number of aromatic nitrogens is 1. The Bertz CT molecular complexity index is 836. The van der Waals surface area contributed by atoms with Gasteiger partial charge in [0, 0.05) is 18.1 Å². The molecule has 0 spiro atoms. The molecule has 1 aromatic carbocycles. The Kier molecular flexibility index (Phi) is 5.66. The molecule has 136 valence electrons. The predicted molar refractivity (Wildman–Crippen MR) is 89.7 cm³/mol. The van der Waals surface area contributed by atoms with Crippen LogP contribution in [0.1, 0.15) is 16.7 Å². The second kappa shape index (κ2) is 7.09. The highest BCUT2D eigenvalue weighted by atomic mass is 31.2. The summed E-state index contributed by atoms with van der Waals surface area (Å²) in [4.78, 5) is 36.9. The van der Waals surface area contributed by atoms with Crippen molar-refractivity contribution in [3.05, 3.63) is 65.5 Å². The standard InChI is InChI=1S/C15H19NO7P2/c1-12-4-2-5-13(8-12)9-14-6-3-7-16(10-14)11-15(17,24(18,19)20)25(21,22)23/h2-8,10,17H,9,11H2,1H3,(H3-,18,19,20,21,22,23)/p+1. The Labute approximate surface area is 144 Å². The van der Waals surface area contributed by atoms with Crippen LogP contribution in [0.25, 0.3) is 0 Å². The maximum atomic E-state index is 11.5. The number of hydrogen-bond donors (Lipinski definition) is 5. The fourth-order valence-electron chi connectivity index (χ4n) is 2.44. The Hall–Kier alpha value is -1.37. The summed E-state index contributed by atoms with van der Waals surface area (Å²) in [6, 6.07) is 11.1. The Morgan fingerprint density at radius 3 is 2.16 bits per heavy atom. The van der Waals surface area contributed by atoms with E-state index in [9.17, 15) is 33.8 Å². The average Bonchev–Trinajstić information content (AvgIpc) is 2.45. The zero-order chi connectivity index (χ0) is 18.9. The Morgan fingerprint density at radius 1 is 1.00 bits per heavy atom. The maximum Gasteiger partial charge on any atom is 0.376 e. The molecule has 2 aromatic rings. The summed E-state index contributed by atoms with van der Waals surface area (Å²) >= 11 is 0. The lowest BCUT2D eigenvalue weighted by atomic mass is 10.0. The van der Waals surface area contributed by atoms with Gasteiger partial charge in [0.1, 0.15) is 0 Å². The van der Waals surface area contributed by atoms with Gasteiger partial charge in [-0.15, -0.1) is 0 Å². The van der Waals surface area contributed by atoms with E-state index in [4.69, 9.17) is 0 Å². The van der Waals surface area contributed by atoms with E-state index in [1.54, 1.807) is 12.1 Å². The lowest BCUT2D eigenvalue weighted by Gasteiger charge is -2.26. The number of nitrogens with zero attached hydrogens (tertiary/aromatic N) is 1. The van der Waals surface area contributed by atoms with Crippen molar-refractivity contribution in [3.8, 4) is 0 Å². The van der Waals surface area contributed by atoms with Crippen molar-refractivity contribution in [1.29, 1.82) is 0 Å². The van der Waals surface area contributed by atoms with Crippen molar-refractivity contribution in [2.75, 3.05) is 0 Å². The molecule has 0 bridgehead atoms. The van der Waals surface area contributed by atoms with Crippen LogP contribution in [0.2, 0.25) is 0 Å². The fourth-order valence-corrected chi connectivity index (χ4v) is 4.49. The highest BCUT2D eigenvalue weighted by molar-refractivity contribution is 7.72. The Morgan fingerprint density at radius 2 is 1.60 bits per heavy atom. The third kappa shape index (κ3) is 4.63. The van der Waals surface area contributed by atoms with Crippen LogP contribution in [-0.4, -0.2) is 29.8 Å². The van der Waals surface area contributed by atoms with Crippen LogP contribution in [0.4, 0.5) is 0 Å². The van der Waals surface area contributed by atoms with Gasteiger partial charge in [0.25, 0.3) is 0 Å². The van der Waals surface area contributed by atoms with Gasteiger partial charge in [0.15, 0.2) is 12.4 Å². The summed E-state index contributed by atoms with van der Waals surface area (Å²) < 4.78 is 24.1. The van der Waals surface area contributed by atoms with E-state index >= 15 is 0 Å². The molecule has 1 aromatic heterocycles. The van der Waals surface area contributed by atoms with Crippen molar-refractivity contribution in [3.63, 3.8) is 0 Å². The lowest BCUT2D eigenvalue weighted by Crippen LogP contribution is -2.47. The van der Waals surface area contributed by atoms with Crippen LogP contribution in [0, 0.1) is 6.92 Å². The van der Waals surface area contributed by atoms with Gasteiger partial charge in [-0.1, -0.05) is 29.8 Å². The second-order valence-corrected chi connectivity index (χ2v) is 9.92. The first-order valence-corrected chi connectivity index (χ1v) is 10.5. The number of aryl methyl sites for hydroxylation is 1. The van der Waals surface area contributed by atoms with Crippen LogP contribution in [0.5, 0.6) is 0 Å². The van der Waals surface area contributed by atoms with Gasteiger partial charge in [0.05, 0.1) is 0 Å². The summed E-state index contributed by atoms with van der Waals surface area (Å²) in [6.45, 7) is 1.01. The van der Waals surface area contributed by atoms with E-state index < -0.39 is 26.8 Å². The molecule has 0 atom stereocenters. The molecule has 5 N–H and O–H groups in total. The smallest absolute Gasteiger partial charge is 0.363 e. The number of aliphatic hydroxyl groups is 1. The minimum absolute atomic E-state index is 0.521. The predicted octanol–water partition coefficient (Wildman–Crippen LogP) is 0.875. The monoisotopic (exact) mass is 388 g/mol. The minimum atomic E-state index is -5.49. The zero-order valence-electron chi connectivity index (χ0n) is 13.4. The molecule has 0 fully saturated rings. The van der Waals surface area contributed by atoms with Crippen molar-refractivity contribution < 1.29 is 38.4 Å². The van der Waals surface area contributed by atoms with E-state index in [1.165, 1.54) is 12.4 Å². The largest absolute Gasteiger partial charge is 0.376 e. The lowest BCUT2D eigenvalue weighted by molar-refractivity contribution is -0.703. The molecule has 0 aliphatic carbocycles. The summed E-state index contributed by atoms with van der Waals surface area (Å²) in [5.41, 5.74) is 2.85. The SMILES string of the molecule is Cc1cccc(Cc2ccc[n+](CC(O)(P(=O)(O)O)P(=O)(O)O)c2)c1. The average molecular weight is 388 g/mol. The summed E-state index contributed by atoms with van der Waals surface area (Å²) in [7, 11) is -11.0. The van der Waals surface area contributed by atoms with Crippen LogP contribution in [0.3, 0.4) is 0 Å². The number of rotatable bonds is 6. The first kappa shape index (κ1) is 19.9. The molecular formula is C15H20NO7P2+. The van der Waals surface area contributed by atoms with Crippen molar-refractivity contribution in [2.24, 2.45) is 0 Å². The fraction of sp³-hybridized carbons (Fsp3) is 0.267. The Balaban J connectivity index is 2.32. The maximum absolute atomic E-state index is 11.5. The molecule has 0 aliphatic rings. The van der Waals surface area contributed by atoms with E-state index in [0.29, 0.717) is 6.42 Å². The molecule has 0 saturated carbocycles. The van der Waals surface area contributed by atoms with Gasteiger partial charge < -0.3 is 24.7 Å². The molecule has 10 heteroatoms. The topological polar surface area (TPSA) is 139 Å². The molecule has 0 saturated heterocycles. The molecule has 25 heavy (non-hydrogen) atoms. The normalized spacial score (nSPS) is 13.0. The molecule has 0 unspecified atom stereocenters. The number of hydrogen-bond acceptors (Lipinski definition) is 3. The van der Waals surface area contributed by atoms with Crippen molar-refractivity contribution in [2.45, 2.75) is 25.0 Å². The van der Waals surface area contributed by atoms with Crippen LogP contribution in [0.15, 0.2) is 48.8 Å². The summed E-state index contributed by atoms with van der Waals surface area (Å²) in [6.07, 6.45) is 3.38. The van der Waals surface area contributed by atoms with E-state index in [-0.39, 0.29) is 0 Å². The van der Waals surface area contributed by atoms with Gasteiger partial charge in [-0.2, -0.15) is 0 Å². The molecule has 1 heterocycles. The third-order valence-electron chi connectivity index (χ3n) is 3.74. The molecule has 8 nitrogen and oxygen atoms in total. The first-order valence-electron chi connectivity index (χ1n) is 7.29. The highest BCUT2D eigenvalue weighted by Gasteiger charge is 2.62. The second-order valence-electron chi connectivity index (χ2n) is 5.91. The summed E-state index contributed by atoms with van der Waals surface area (Å²) in [5.74, 6) is 0. The van der Waals surface area contributed by atoms with Crippen LogP contribution in [-0.2, 0) is 22.1 Å². The van der Waals surface area contributed by atoms with Gasteiger partial charge in [-0.25, -0.2) is 4.57 Å². The number of benzene rings is 1. The van der Waals surface area contributed by atoms with Crippen molar-refractivity contribution >= 4 is 15.2 Å². The van der Waals surface area contributed by atoms with E-state index in [2.05, 4.69) is 0 Å². The minimum Gasteiger partial charge on any atom is -0.363 e. The van der Waals surface area contributed by atoms with Crippen molar-refractivity contribution in [1.82, 2.24) is 0 Å². The molecule has 0 amide bonds. The number of pyridine rings is 1. The molecule has 0 radical (unpaired) electrons. The van der Waals surface area contributed by atoms with Gasteiger partial charge in [-0.3, -0.25) is 9.13 Å². The third-order valence-corrected chi connectivity index (χ3v) is 7.45. The molecule has 2 rings (SSSR count). The van der Waals surface area contributed by atoms with Gasteiger partial charge in [-0.05, 0) is 18.6 Å². The van der Waals surface area contributed by atoms with E-state index in [1.807, 2.05) is 31.2 Å². The zero-order valence-corrected chi connectivity index (χ0v) is 15.2. The summed E-state index contributed by atoms with van der Waals surface area (Å²) in [5, 5.41) is 6.53. The quantitative estimate of drug-likeness (QED) is 0.366. The van der Waals surface area contributed by atoms with E-state index in [0.717, 1.165) is 21.3 Å². The highest BCUT2D eigenvalue weighted by Crippen LogP contribution is 2.67. The first-order chi connectivity index (χ1) is 11.4. The van der Waals surface area contributed by atoms with Gasteiger partial charge in [0.2, 0.25) is 6.54 Å². The van der Waals surface area contributed by atoms with Crippen LogP contribution >= 0.6 is 15.2 Å². The molecule has 0 aliphatic heterocycles.